The molecule has 0 radical (unpaired) electrons. The van der Waals surface area contributed by atoms with Gasteiger partial charge in [-0.2, -0.15) is 0 Å². The highest BCUT2D eigenvalue weighted by Crippen LogP contribution is 2.38. The summed E-state index contributed by atoms with van der Waals surface area (Å²) in [5.74, 6) is 0.300. The van der Waals surface area contributed by atoms with E-state index < -0.39 is 3.79 Å². The monoisotopic (exact) mass is 318 g/mol. The molecule has 1 aromatic carbocycles. The Hall–Kier alpha value is -0.770. The number of alkyl halides is 3. The van der Waals surface area contributed by atoms with Crippen LogP contribution < -0.4 is 0 Å². The first-order valence-corrected chi connectivity index (χ1v) is 6.83. The number of aromatic nitrogens is 2. The maximum absolute atomic E-state index is 5.68. The average Bonchev–Trinajstić information content (AvgIpc) is 2.77. The van der Waals surface area contributed by atoms with Crippen LogP contribution in [0.2, 0.25) is 0 Å². The van der Waals surface area contributed by atoms with E-state index >= 15 is 0 Å². The van der Waals surface area contributed by atoms with E-state index in [2.05, 4.69) is 31.0 Å². The van der Waals surface area contributed by atoms with Crippen molar-refractivity contribution in [1.82, 2.24) is 10.2 Å². The van der Waals surface area contributed by atoms with Gasteiger partial charge in [-0.25, -0.2) is 0 Å². The van der Waals surface area contributed by atoms with Crippen LogP contribution in [0.15, 0.2) is 28.7 Å². The number of hydrogen-bond acceptors (Lipinski definition) is 3. The molecule has 1 heterocycles. The van der Waals surface area contributed by atoms with E-state index in [1.54, 1.807) is 0 Å². The van der Waals surface area contributed by atoms with E-state index in [9.17, 15) is 0 Å². The van der Waals surface area contributed by atoms with Crippen LogP contribution in [0.3, 0.4) is 0 Å². The Morgan fingerprint density at radius 1 is 0.947 bits per heavy atom. The molecule has 0 saturated heterocycles. The van der Waals surface area contributed by atoms with Crippen molar-refractivity contribution in [3.63, 3.8) is 0 Å². The molecule has 1 aromatic heterocycles. The topological polar surface area (TPSA) is 38.9 Å². The molecule has 0 fully saturated rings. The van der Waals surface area contributed by atoms with Crippen LogP contribution in [0.5, 0.6) is 0 Å². The van der Waals surface area contributed by atoms with Crippen LogP contribution in [0, 0.1) is 0 Å². The Labute approximate surface area is 126 Å². The van der Waals surface area contributed by atoms with Crippen molar-refractivity contribution in [1.29, 1.82) is 0 Å². The van der Waals surface area contributed by atoms with Crippen molar-refractivity contribution in [2.45, 2.75) is 30.0 Å². The van der Waals surface area contributed by atoms with E-state index in [1.165, 1.54) is 5.56 Å². The lowest BCUT2D eigenvalue weighted by Gasteiger charge is -2.18. The Bertz CT molecular complexity index is 565. The van der Waals surface area contributed by atoms with Gasteiger partial charge < -0.3 is 4.42 Å². The Morgan fingerprint density at radius 2 is 1.53 bits per heavy atom. The number of benzene rings is 1. The summed E-state index contributed by atoms with van der Waals surface area (Å²) >= 11 is 17.0. The van der Waals surface area contributed by atoms with Crippen molar-refractivity contribution >= 4 is 34.8 Å². The van der Waals surface area contributed by atoms with Gasteiger partial charge in [-0.1, -0.05) is 67.7 Å². The van der Waals surface area contributed by atoms with Crippen LogP contribution in [0.25, 0.3) is 11.5 Å². The van der Waals surface area contributed by atoms with Crippen LogP contribution in [0.1, 0.15) is 32.2 Å². The van der Waals surface area contributed by atoms with Gasteiger partial charge in [0.15, 0.2) is 0 Å². The van der Waals surface area contributed by atoms with Crippen molar-refractivity contribution in [3.05, 3.63) is 35.7 Å². The van der Waals surface area contributed by atoms with Crippen LogP contribution in [-0.4, -0.2) is 10.2 Å². The third-order valence-electron chi connectivity index (χ3n) is 2.67. The van der Waals surface area contributed by atoms with E-state index in [1.807, 2.05) is 24.3 Å². The number of nitrogens with zero attached hydrogens (tertiary/aromatic N) is 2. The minimum Gasteiger partial charge on any atom is -0.416 e. The summed E-state index contributed by atoms with van der Waals surface area (Å²) in [6.45, 7) is 6.45. The Kier molecular flexibility index (Phi) is 3.83. The van der Waals surface area contributed by atoms with Gasteiger partial charge in [-0.05, 0) is 23.1 Å². The predicted molar refractivity (Wildman–Crippen MR) is 77.7 cm³/mol. The molecule has 0 bridgehead atoms. The average molecular weight is 320 g/mol. The maximum Gasteiger partial charge on any atom is 0.268 e. The first kappa shape index (κ1) is 14.6. The first-order valence-electron chi connectivity index (χ1n) is 5.69. The summed E-state index contributed by atoms with van der Waals surface area (Å²) in [6.07, 6.45) is 0. The van der Waals surface area contributed by atoms with E-state index in [0.717, 1.165) is 5.56 Å². The molecule has 0 aliphatic carbocycles. The van der Waals surface area contributed by atoms with Gasteiger partial charge in [0.25, 0.3) is 9.68 Å². The van der Waals surface area contributed by atoms with Gasteiger partial charge in [-0.15, -0.1) is 10.2 Å². The lowest BCUT2D eigenvalue weighted by molar-refractivity contribution is 0.514. The number of rotatable bonds is 1. The van der Waals surface area contributed by atoms with Gasteiger partial charge in [-0.3, -0.25) is 0 Å². The van der Waals surface area contributed by atoms with Crippen LogP contribution >= 0.6 is 34.8 Å². The fourth-order valence-electron chi connectivity index (χ4n) is 1.57. The first-order chi connectivity index (χ1) is 8.68. The smallest absolute Gasteiger partial charge is 0.268 e. The van der Waals surface area contributed by atoms with Gasteiger partial charge in [0.05, 0.1) is 0 Å². The second kappa shape index (κ2) is 4.97. The number of hydrogen-bond donors (Lipinski definition) is 0. The molecule has 0 aliphatic heterocycles. The zero-order valence-electron chi connectivity index (χ0n) is 10.7. The standard InChI is InChI=1S/C13H13Cl3N2O/c1-12(2,3)9-6-4-8(5-7-9)10-17-18-11(19-10)13(14,15)16/h4-7H,1-3H3. The molecule has 0 amide bonds. The molecule has 0 spiro atoms. The fraction of sp³-hybridized carbons (Fsp3) is 0.385. The molecule has 2 rings (SSSR count). The van der Waals surface area contributed by atoms with Crippen LogP contribution in [-0.2, 0) is 9.21 Å². The third-order valence-corrected chi connectivity index (χ3v) is 3.15. The highest BCUT2D eigenvalue weighted by molar-refractivity contribution is 6.66. The molecule has 0 unspecified atom stereocenters. The van der Waals surface area contributed by atoms with Crippen molar-refractivity contribution in [2.75, 3.05) is 0 Å². The molecule has 0 N–H and O–H groups in total. The molecule has 19 heavy (non-hydrogen) atoms. The Balaban J connectivity index is 2.31. The SMILES string of the molecule is CC(C)(C)c1ccc(-c2nnc(C(Cl)(Cl)Cl)o2)cc1. The molecule has 6 heteroatoms. The van der Waals surface area contributed by atoms with E-state index in [4.69, 9.17) is 39.2 Å². The normalized spacial score (nSPS) is 12.7. The van der Waals surface area contributed by atoms with Gasteiger partial charge in [0, 0.05) is 5.56 Å². The van der Waals surface area contributed by atoms with Crippen molar-refractivity contribution in [3.8, 4) is 11.5 Å². The quantitative estimate of drug-likeness (QED) is 0.705. The largest absolute Gasteiger partial charge is 0.416 e. The lowest BCUT2D eigenvalue weighted by atomic mass is 9.87. The van der Waals surface area contributed by atoms with Gasteiger partial charge >= 0.3 is 0 Å². The summed E-state index contributed by atoms with van der Waals surface area (Å²) < 4.78 is 3.64. The zero-order chi connectivity index (χ0) is 14.3. The molecule has 0 saturated carbocycles. The van der Waals surface area contributed by atoms with Gasteiger partial charge in [0.1, 0.15) is 0 Å². The summed E-state index contributed by atoms with van der Waals surface area (Å²) in [5.41, 5.74) is 2.11. The molecule has 3 nitrogen and oxygen atoms in total. The maximum atomic E-state index is 5.68. The van der Waals surface area contributed by atoms with E-state index in [0.29, 0.717) is 5.89 Å². The van der Waals surface area contributed by atoms with E-state index in [-0.39, 0.29) is 11.3 Å². The minimum absolute atomic E-state index is 0.0348. The second-order valence-corrected chi connectivity index (χ2v) is 7.52. The summed E-state index contributed by atoms with van der Waals surface area (Å²) in [7, 11) is 0. The molecule has 102 valence electrons. The Morgan fingerprint density at radius 3 is 1.95 bits per heavy atom. The lowest BCUT2D eigenvalue weighted by Crippen LogP contribution is -2.10. The third kappa shape index (κ3) is 3.41. The molecule has 0 aliphatic rings. The highest BCUT2D eigenvalue weighted by atomic mass is 35.6. The summed E-state index contributed by atoms with van der Waals surface area (Å²) in [6, 6.07) is 7.87. The zero-order valence-corrected chi connectivity index (χ0v) is 13.0. The molecular weight excluding hydrogens is 307 g/mol. The predicted octanol–water partition coefficient (Wildman–Crippen LogP) is 4.86. The summed E-state index contributed by atoms with van der Waals surface area (Å²) in [5, 5.41) is 7.60. The van der Waals surface area contributed by atoms with Crippen LogP contribution in [0.4, 0.5) is 0 Å². The second-order valence-electron chi connectivity index (χ2n) is 5.24. The molecule has 2 aromatic rings. The van der Waals surface area contributed by atoms with Crippen molar-refractivity contribution in [2.24, 2.45) is 0 Å². The minimum atomic E-state index is -1.70. The van der Waals surface area contributed by atoms with Crippen molar-refractivity contribution < 1.29 is 4.42 Å². The molecule has 0 atom stereocenters. The van der Waals surface area contributed by atoms with Gasteiger partial charge in [0.2, 0.25) is 5.89 Å². The highest BCUT2D eigenvalue weighted by Gasteiger charge is 2.30. The number of halogens is 3. The molecular formula is C13H13Cl3N2O. The summed E-state index contributed by atoms with van der Waals surface area (Å²) in [4.78, 5) is 0. The fourth-order valence-corrected chi connectivity index (χ4v) is 1.80.